The van der Waals surface area contributed by atoms with Crippen LogP contribution in [-0.4, -0.2) is 28.2 Å². The normalized spacial score (nSPS) is 14.3. The number of carbonyl (C=O) groups is 2. The average Bonchev–Trinajstić information content (AvgIpc) is 2.63. The summed E-state index contributed by atoms with van der Waals surface area (Å²) in [5, 5.41) is 2.11. The van der Waals surface area contributed by atoms with Crippen molar-refractivity contribution in [1.82, 2.24) is 5.32 Å². The number of rotatable bonds is 3. The second-order valence-corrected chi connectivity index (χ2v) is 5.52. The molecular formula is C12H9F2NO2S2. The molecule has 0 saturated heterocycles. The van der Waals surface area contributed by atoms with Gasteiger partial charge < -0.3 is 0 Å². The van der Waals surface area contributed by atoms with Gasteiger partial charge >= 0.3 is 0 Å². The van der Waals surface area contributed by atoms with E-state index in [1.807, 2.05) is 0 Å². The number of imide groups is 1. The fourth-order valence-electron chi connectivity index (χ4n) is 1.80. The fourth-order valence-corrected chi connectivity index (χ4v) is 2.25. The third-order valence-corrected chi connectivity index (χ3v) is 4.18. The first-order valence-electron chi connectivity index (χ1n) is 5.30. The number of nitrogens with one attached hydrogen (secondary N) is 1. The van der Waals surface area contributed by atoms with Gasteiger partial charge in [0.15, 0.2) is 0 Å². The minimum atomic E-state index is -3.12. The number of halogens is 2. The predicted octanol–water partition coefficient (Wildman–Crippen LogP) is 2.44. The Balaban J connectivity index is 2.29. The van der Waals surface area contributed by atoms with Crippen LogP contribution >= 0.6 is 24.0 Å². The summed E-state index contributed by atoms with van der Waals surface area (Å²) in [6, 6.07) is 4.10. The van der Waals surface area contributed by atoms with Crippen LogP contribution in [0.25, 0.3) is 0 Å². The molecule has 2 amide bonds. The molecule has 100 valence electrons. The summed E-state index contributed by atoms with van der Waals surface area (Å²) in [6.07, 6.45) is 0.909. The highest BCUT2D eigenvalue weighted by atomic mass is 32.2. The van der Waals surface area contributed by atoms with E-state index in [0.29, 0.717) is 0 Å². The molecule has 3 nitrogen and oxygen atoms in total. The lowest BCUT2D eigenvalue weighted by atomic mass is 10.0. The van der Waals surface area contributed by atoms with Crippen molar-refractivity contribution < 1.29 is 18.4 Å². The number of thioether (sulfide) groups is 1. The number of hydrogen-bond acceptors (Lipinski definition) is 4. The third-order valence-electron chi connectivity index (χ3n) is 2.71. The Labute approximate surface area is 117 Å². The average molecular weight is 301 g/mol. The van der Waals surface area contributed by atoms with E-state index < -0.39 is 28.4 Å². The predicted molar refractivity (Wildman–Crippen MR) is 73.0 cm³/mol. The van der Waals surface area contributed by atoms with Gasteiger partial charge in [-0.3, -0.25) is 14.9 Å². The molecule has 0 aromatic heterocycles. The van der Waals surface area contributed by atoms with E-state index in [9.17, 15) is 18.4 Å². The minimum Gasteiger partial charge on any atom is -0.288 e. The van der Waals surface area contributed by atoms with Crippen LogP contribution in [0.5, 0.6) is 0 Å². The molecule has 1 aromatic rings. The van der Waals surface area contributed by atoms with Gasteiger partial charge in [0.2, 0.25) is 0 Å². The Hall–Kier alpha value is -1.34. The zero-order valence-corrected chi connectivity index (χ0v) is 11.5. The van der Waals surface area contributed by atoms with Gasteiger partial charge in [-0.25, -0.2) is 0 Å². The number of alkyl halides is 2. The van der Waals surface area contributed by atoms with Crippen LogP contribution in [0.4, 0.5) is 8.78 Å². The maximum Gasteiger partial charge on any atom is 0.292 e. The topological polar surface area (TPSA) is 46.2 Å². The Kier molecular flexibility index (Phi) is 3.69. The second-order valence-electron chi connectivity index (χ2n) is 4.04. The maximum atomic E-state index is 13.7. The highest BCUT2D eigenvalue weighted by Crippen LogP contribution is 2.28. The van der Waals surface area contributed by atoms with Crippen LogP contribution in [0.15, 0.2) is 18.2 Å². The molecule has 1 aromatic carbocycles. The summed E-state index contributed by atoms with van der Waals surface area (Å²) in [4.78, 5) is 22.8. The molecule has 0 atom stereocenters. The highest BCUT2D eigenvalue weighted by molar-refractivity contribution is 8.22. The van der Waals surface area contributed by atoms with Crippen molar-refractivity contribution in [3.05, 3.63) is 34.9 Å². The lowest BCUT2D eigenvalue weighted by Crippen LogP contribution is -2.27. The Morgan fingerprint density at radius 3 is 2.58 bits per heavy atom. The first-order valence-corrected chi connectivity index (χ1v) is 6.93. The maximum absolute atomic E-state index is 13.7. The first-order chi connectivity index (χ1) is 8.85. The van der Waals surface area contributed by atoms with Gasteiger partial charge in [0.1, 0.15) is 4.20 Å². The van der Waals surface area contributed by atoms with E-state index in [1.165, 1.54) is 24.5 Å². The van der Waals surface area contributed by atoms with Crippen LogP contribution in [0.2, 0.25) is 0 Å². The zero-order valence-electron chi connectivity index (χ0n) is 9.83. The molecule has 1 heterocycles. The number of benzene rings is 1. The van der Waals surface area contributed by atoms with Crippen LogP contribution in [0.1, 0.15) is 26.3 Å². The summed E-state index contributed by atoms with van der Waals surface area (Å²) >= 11 is 5.44. The standard InChI is InChI=1S/C12H9F2NO2S2/c1-19-11(18)12(13,14)5-6-2-3-7-8(4-6)10(17)15-9(7)16/h2-4H,5H2,1H3,(H,15,16,17). The lowest BCUT2D eigenvalue weighted by molar-refractivity contribution is 0.0843. The molecule has 2 rings (SSSR count). The van der Waals surface area contributed by atoms with Crippen molar-refractivity contribution in [3.8, 4) is 0 Å². The van der Waals surface area contributed by atoms with Gasteiger partial charge in [-0.1, -0.05) is 18.3 Å². The number of carbonyl (C=O) groups excluding carboxylic acids is 2. The van der Waals surface area contributed by atoms with E-state index >= 15 is 0 Å². The molecule has 19 heavy (non-hydrogen) atoms. The highest BCUT2D eigenvalue weighted by Gasteiger charge is 2.35. The van der Waals surface area contributed by atoms with Crippen LogP contribution in [0, 0.1) is 0 Å². The minimum absolute atomic E-state index is 0.133. The fraction of sp³-hybridized carbons (Fsp3) is 0.250. The van der Waals surface area contributed by atoms with E-state index in [2.05, 4.69) is 17.5 Å². The van der Waals surface area contributed by atoms with Crippen LogP contribution in [0.3, 0.4) is 0 Å². The summed E-state index contributed by atoms with van der Waals surface area (Å²) in [7, 11) is 0. The van der Waals surface area contributed by atoms with Crippen molar-refractivity contribution in [2.45, 2.75) is 12.3 Å². The molecule has 1 N–H and O–H groups in total. The molecule has 1 aliphatic heterocycles. The summed E-state index contributed by atoms with van der Waals surface area (Å²) in [5.41, 5.74) is 0.614. The quantitative estimate of drug-likeness (QED) is 0.688. The summed E-state index contributed by atoms with van der Waals surface area (Å²) < 4.78 is 27.0. The van der Waals surface area contributed by atoms with Gasteiger partial charge in [-0.2, -0.15) is 8.78 Å². The SMILES string of the molecule is CSC(=S)C(F)(F)Cc1ccc2c(c1)C(=O)NC2=O. The zero-order chi connectivity index (χ0) is 14.2. The van der Waals surface area contributed by atoms with Crippen molar-refractivity contribution in [2.24, 2.45) is 0 Å². The summed E-state index contributed by atoms with van der Waals surface area (Å²) in [6.45, 7) is 0. The molecule has 0 bridgehead atoms. The molecule has 0 unspecified atom stereocenters. The van der Waals surface area contributed by atoms with Crippen molar-refractivity contribution in [2.75, 3.05) is 6.26 Å². The monoisotopic (exact) mass is 301 g/mol. The van der Waals surface area contributed by atoms with Crippen LogP contribution < -0.4 is 5.32 Å². The van der Waals surface area contributed by atoms with E-state index in [4.69, 9.17) is 0 Å². The number of amides is 2. The van der Waals surface area contributed by atoms with Crippen molar-refractivity contribution in [1.29, 1.82) is 0 Å². The van der Waals surface area contributed by atoms with Gasteiger partial charge in [-0.05, 0) is 24.0 Å². The van der Waals surface area contributed by atoms with E-state index in [1.54, 1.807) is 0 Å². The molecule has 0 radical (unpaired) electrons. The molecule has 0 saturated carbocycles. The number of hydrogen-bond donors (Lipinski definition) is 1. The molecule has 0 aliphatic carbocycles. The lowest BCUT2D eigenvalue weighted by Gasteiger charge is -2.16. The number of thiocarbonyl (C=S) groups is 1. The van der Waals surface area contributed by atoms with E-state index in [-0.39, 0.29) is 16.7 Å². The van der Waals surface area contributed by atoms with Gasteiger partial charge in [0.25, 0.3) is 17.7 Å². The molecule has 0 fully saturated rings. The second kappa shape index (κ2) is 4.97. The van der Waals surface area contributed by atoms with Crippen molar-refractivity contribution >= 4 is 40.0 Å². The Bertz CT molecular complexity index is 587. The molecule has 7 heteroatoms. The number of fused-ring (bicyclic) bond motifs is 1. The largest absolute Gasteiger partial charge is 0.292 e. The molecule has 0 spiro atoms. The van der Waals surface area contributed by atoms with Gasteiger partial charge in [0, 0.05) is 6.42 Å². The smallest absolute Gasteiger partial charge is 0.288 e. The van der Waals surface area contributed by atoms with Gasteiger partial charge in [0.05, 0.1) is 11.1 Å². The van der Waals surface area contributed by atoms with Crippen LogP contribution in [-0.2, 0) is 6.42 Å². The first kappa shape index (κ1) is 14.1. The summed E-state index contributed by atoms with van der Waals surface area (Å²) in [5.74, 6) is -4.18. The molecular weight excluding hydrogens is 292 g/mol. The van der Waals surface area contributed by atoms with Gasteiger partial charge in [-0.15, -0.1) is 11.8 Å². The van der Waals surface area contributed by atoms with Crippen molar-refractivity contribution in [3.63, 3.8) is 0 Å². The Morgan fingerprint density at radius 2 is 1.95 bits per heavy atom. The Morgan fingerprint density at radius 1 is 1.32 bits per heavy atom. The third kappa shape index (κ3) is 2.66. The van der Waals surface area contributed by atoms with E-state index in [0.717, 1.165) is 11.8 Å². The molecule has 1 aliphatic rings.